The summed E-state index contributed by atoms with van der Waals surface area (Å²) in [6.07, 6.45) is 5.73. The molecule has 1 atom stereocenters. The summed E-state index contributed by atoms with van der Waals surface area (Å²) in [4.78, 5) is 5.50. The lowest BCUT2D eigenvalue weighted by Gasteiger charge is -2.14. The van der Waals surface area contributed by atoms with Crippen molar-refractivity contribution in [2.45, 2.75) is 25.8 Å². The predicted molar refractivity (Wildman–Crippen MR) is 66.8 cm³/mol. The summed E-state index contributed by atoms with van der Waals surface area (Å²) in [6, 6.07) is 0.297. The van der Waals surface area contributed by atoms with Crippen LogP contribution in [0.3, 0.4) is 0 Å². The first-order chi connectivity index (χ1) is 7.90. The molecule has 0 amide bonds. The Morgan fingerprint density at radius 2 is 2.44 bits per heavy atom. The highest BCUT2D eigenvalue weighted by Crippen LogP contribution is 2.21. The molecule has 0 bridgehead atoms. The van der Waals surface area contributed by atoms with E-state index in [1.165, 1.54) is 16.4 Å². The van der Waals surface area contributed by atoms with Crippen LogP contribution >= 0.6 is 22.9 Å². The maximum Gasteiger partial charge on any atom is 0.0944 e. The minimum Gasteiger partial charge on any atom is -0.309 e. The molecule has 2 rings (SSSR count). The molecule has 0 aliphatic heterocycles. The first-order valence-electron chi connectivity index (χ1n) is 5.29. The molecule has 6 heteroatoms. The van der Waals surface area contributed by atoms with E-state index in [0.717, 1.165) is 24.4 Å². The van der Waals surface area contributed by atoms with Gasteiger partial charge in [0.15, 0.2) is 0 Å². The van der Waals surface area contributed by atoms with E-state index in [4.69, 9.17) is 0 Å². The van der Waals surface area contributed by atoms with Gasteiger partial charge in [-0.15, -0.1) is 16.4 Å². The fourth-order valence-corrected chi connectivity index (χ4v) is 2.69. The second kappa shape index (κ2) is 6.03. The van der Waals surface area contributed by atoms with Gasteiger partial charge in [-0.05, 0) is 24.5 Å². The summed E-state index contributed by atoms with van der Waals surface area (Å²) in [5.41, 5.74) is 0. The largest absolute Gasteiger partial charge is 0.309 e. The molecule has 0 saturated heterocycles. The lowest BCUT2D eigenvalue weighted by molar-refractivity contribution is 0.535. The van der Waals surface area contributed by atoms with Crippen LogP contribution in [-0.2, 0) is 6.42 Å². The van der Waals surface area contributed by atoms with E-state index in [0.29, 0.717) is 6.04 Å². The summed E-state index contributed by atoms with van der Waals surface area (Å²) >= 11 is 3.15. The summed E-state index contributed by atoms with van der Waals surface area (Å²) in [5.74, 6) is 0. The lowest BCUT2D eigenvalue weighted by Crippen LogP contribution is -2.23. The van der Waals surface area contributed by atoms with Crippen LogP contribution in [-0.4, -0.2) is 21.1 Å². The van der Waals surface area contributed by atoms with Gasteiger partial charge in [0, 0.05) is 18.0 Å². The third-order valence-corrected chi connectivity index (χ3v) is 3.80. The molecule has 0 spiro atoms. The van der Waals surface area contributed by atoms with Crippen molar-refractivity contribution in [3.63, 3.8) is 0 Å². The number of hydrogen-bond donors (Lipinski definition) is 1. The Morgan fingerprint density at radius 3 is 3.06 bits per heavy atom. The van der Waals surface area contributed by atoms with Crippen LogP contribution < -0.4 is 5.32 Å². The summed E-state index contributed by atoms with van der Waals surface area (Å²) < 4.78 is 3.92. The minimum atomic E-state index is 0.297. The Bertz CT molecular complexity index is 385. The van der Waals surface area contributed by atoms with E-state index in [-0.39, 0.29) is 0 Å². The summed E-state index contributed by atoms with van der Waals surface area (Å²) in [5, 5.41) is 10.6. The maximum atomic E-state index is 4.32. The zero-order valence-corrected chi connectivity index (χ0v) is 10.7. The second-order valence-corrected chi connectivity index (χ2v) is 5.25. The third-order valence-electron chi connectivity index (χ3n) is 2.22. The van der Waals surface area contributed by atoms with E-state index in [2.05, 4.69) is 26.8 Å². The quantitative estimate of drug-likeness (QED) is 0.859. The fraction of sp³-hybridized carbons (Fsp3) is 0.500. The molecule has 2 aromatic rings. The molecule has 4 nitrogen and oxygen atoms in total. The molecule has 1 N–H and O–H groups in total. The Morgan fingerprint density at radius 1 is 1.50 bits per heavy atom. The smallest absolute Gasteiger partial charge is 0.0944 e. The number of aromatic nitrogens is 3. The van der Waals surface area contributed by atoms with Gasteiger partial charge in [-0.25, -0.2) is 4.98 Å². The zero-order valence-electron chi connectivity index (χ0n) is 9.09. The number of nitrogens with one attached hydrogen (secondary N) is 1. The maximum absolute atomic E-state index is 4.32. The molecule has 0 aliphatic rings. The Labute approximate surface area is 103 Å². The molecule has 16 heavy (non-hydrogen) atoms. The second-order valence-electron chi connectivity index (χ2n) is 3.46. The van der Waals surface area contributed by atoms with Crippen molar-refractivity contribution in [2.75, 3.05) is 6.54 Å². The number of thiazole rings is 1. The first kappa shape index (κ1) is 11.6. The van der Waals surface area contributed by atoms with E-state index < -0.39 is 0 Å². The van der Waals surface area contributed by atoms with Crippen LogP contribution in [0.25, 0.3) is 0 Å². The SMILES string of the molecule is CCCNC(Cc1nccs1)c1cnns1. The molecular formula is C10H14N4S2. The first-order valence-corrected chi connectivity index (χ1v) is 6.94. The van der Waals surface area contributed by atoms with E-state index >= 15 is 0 Å². The number of hydrogen-bond acceptors (Lipinski definition) is 6. The highest BCUT2D eigenvalue weighted by atomic mass is 32.1. The van der Waals surface area contributed by atoms with E-state index in [9.17, 15) is 0 Å². The number of nitrogens with zero attached hydrogens (tertiary/aromatic N) is 3. The van der Waals surface area contributed by atoms with Gasteiger partial charge in [0.1, 0.15) is 0 Å². The van der Waals surface area contributed by atoms with Gasteiger partial charge in [0.2, 0.25) is 0 Å². The van der Waals surface area contributed by atoms with Gasteiger partial charge in [-0.3, -0.25) is 0 Å². The lowest BCUT2D eigenvalue weighted by atomic mass is 10.2. The topological polar surface area (TPSA) is 50.7 Å². The van der Waals surface area contributed by atoms with Crippen LogP contribution in [0.5, 0.6) is 0 Å². The summed E-state index contributed by atoms with van der Waals surface area (Å²) in [6.45, 7) is 3.17. The third kappa shape index (κ3) is 3.07. The molecule has 0 radical (unpaired) electrons. The van der Waals surface area contributed by atoms with Crippen molar-refractivity contribution in [1.82, 2.24) is 19.9 Å². The highest BCUT2D eigenvalue weighted by Gasteiger charge is 2.14. The van der Waals surface area contributed by atoms with Crippen LogP contribution in [0.4, 0.5) is 0 Å². The molecule has 2 aromatic heterocycles. The van der Waals surface area contributed by atoms with E-state index in [1.54, 1.807) is 11.3 Å². The standard InChI is InChI=1S/C10H14N4S2/c1-2-3-11-8(9-7-13-14-16-9)6-10-12-4-5-15-10/h4-5,7-8,11H,2-3,6H2,1H3. The van der Waals surface area contributed by atoms with E-state index in [1.807, 2.05) is 17.8 Å². The van der Waals surface area contributed by atoms with Crippen molar-refractivity contribution in [3.05, 3.63) is 27.7 Å². The zero-order chi connectivity index (χ0) is 11.2. The molecule has 1 unspecified atom stereocenters. The Hall–Kier alpha value is -0.850. The summed E-state index contributed by atoms with van der Waals surface area (Å²) in [7, 11) is 0. The van der Waals surface area contributed by atoms with Gasteiger partial charge in [-0.1, -0.05) is 11.4 Å². The molecule has 0 fully saturated rings. The molecule has 0 saturated carbocycles. The van der Waals surface area contributed by atoms with Crippen LogP contribution in [0, 0.1) is 0 Å². The minimum absolute atomic E-state index is 0.297. The molecule has 86 valence electrons. The van der Waals surface area contributed by atoms with Crippen LogP contribution in [0.1, 0.15) is 29.3 Å². The van der Waals surface area contributed by atoms with Gasteiger partial charge in [-0.2, -0.15) is 0 Å². The molecular weight excluding hydrogens is 240 g/mol. The molecule has 2 heterocycles. The van der Waals surface area contributed by atoms with Gasteiger partial charge < -0.3 is 5.32 Å². The Balaban J connectivity index is 2.03. The van der Waals surface area contributed by atoms with Crippen molar-refractivity contribution >= 4 is 22.9 Å². The molecule has 0 aromatic carbocycles. The van der Waals surface area contributed by atoms with Crippen LogP contribution in [0.2, 0.25) is 0 Å². The van der Waals surface area contributed by atoms with Gasteiger partial charge >= 0.3 is 0 Å². The van der Waals surface area contributed by atoms with Crippen molar-refractivity contribution in [1.29, 1.82) is 0 Å². The van der Waals surface area contributed by atoms with Crippen LogP contribution in [0.15, 0.2) is 17.8 Å². The Kier molecular flexibility index (Phi) is 4.38. The van der Waals surface area contributed by atoms with Gasteiger partial charge in [0.25, 0.3) is 0 Å². The monoisotopic (exact) mass is 254 g/mol. The average Bonchev–Trinajstić information content (AvgIpc) is 2.96. The highest BCUT2D eigenvalue weighted by molar-refractivity contribution is 7.09. The predicted octanol–water partition coefficient (Wildman–Crippen LogP) is 2.28. The number of rotatable bonds is 6. The fourth-order valence-electron chi connectivity index (χ4n) is 1.45. The molecule has 0 aliphatic carbocycles. The van der Waals surface area contributed by atoms with Crippen molar-refractivity contribution in [3.8, 4) is 0 Å². The van der Waals surface area contributed by atoms with Crippen molar-refractivity contribution < 1.29 is 0 Å². The average molecular weight is 254 g/mol. The van der Waals surface area contributed by atoms with Gasteiger partial charge in [0.05, 0.1) is 22.1 Å². The van der Waals surface area contributed by atoms with Crippen molar-refractivity contribution in [2.24, 2.45) is 0 Å². The normalized spacial score (nSPS) is 12.8.